The SMILES string of the molecule is Cc1cc(N2CCOCC2)ccc1C1(C)NC(=S)N(c2ccccc2)C1=O. The van der Waals surface area contributed by atoms with Gasteiger partial charge in [0, 0.05) is 18.8 Å². The fourth-order valence-electron chi connectivity index (χ4n) is 3.86. The zero-order chi connectivity index (χ0) is 19.0. The number of rotatable bonds is 3. The summed E-state index contributed by atoms with van der Waals surface area (Å²) in [5.41, 5.74) is 3.09. The number of benzene rings is 2. The van der Waals surface area contributed by atoms with Gasteiger partial charge in [0.1, 0.15) is 5.54 Å². The molecule has 2 saturated heterocycles. The molecule has 2 fully saturated rings. The van der Waals surface area contributed by atoms with E-state index >= 15 is 0 Å². The Morgan fingerprint density at radius 2 is 1.78 bits per heavy atom. The average Bonchev–Trinajstić information content (AvgIpc) is 2.92. The number of aryl methyl sites for hydroxylation is 1. The minimum atomic E-state index is -0.874. The molecule has 1 N–H and O–H groups in total. The quantitative estimate of drug-likeness (QED) is 0.828. The number of hydrogen-bond acceptors (Lipinski definition) is 4. The molecule has 2 aliphatic rings. The third kappa shape index (κ3) is 3.09. The Hall–Kier alpha value is -2.44. The van der Waals surface area contributed by atoms with E-state index in [2.05, 4.69) is 22.3 Å². The van der Waals surface area contributed by atoms with Crippen LogP contribution in [0.5, 0.6) is 0 Å². The van der Waals surface area contributed by atoms with Gasteiger partial charge in [0.15, 0.2) is 5.11 Å². The van der Waals surface area contributed by atoms with Gasteiger partial charge >= 0.3 is 0 Å². The van der Waals surface area contributed by atoms with Gasteiger partial charge in [-0.15, -0.1) is 0 Å². The van der Waals surface area contributed by atoms with Gasteiger partial charge in [-0.05, 0) is 61.5 Å². The number of carbonyl (C=O) groups is 1. The topological polar surface area (TPSA) is 44.8 Å². The molecule has 0 radical (unpaired) electrons. The van der Waals surface area contributed by atoms with Crippen LogP contribution in [0.25, 0.3) is 0 Å². The lowest BCUT2D eigenvalue weighted by atomic mass is 9.88. The summed E-state index contributed by atoms with van der Waals surface area (Å²) in [6.45, 7) is 7.23. The molecule has 0 aliphatic carbocycles. The first-order valence-corrected chi connectivity index (χ1v) is 9.57. The Labute approximate surface area is 164 Å². The van der Waals surface area contributed by atoms with E-state index in [1.54, 1.807) is 4.90 Å². The number of ether oxygens (including phenoxy) is 1. The Bertz CT molecular complexity index is 880. The molecule has 27 heavy (non-hydrogen) atoms. The van der Waals surface area contributed by atoms with Crippen molar-refractivity contribution in [3.8, 4) is 0 Å². The van der Waals surface area contributed by atoms with E-state index in [0.717, 1.165) is 48.8 Å². The molecule has 1 unspecified atom stereocenters. The normalized spacial score (nSPS) is 22.9. The second kappa shape index (κ2) is 6.94. The van der Waals surface area contributed by atoms with Crippen molar-refractivity contribution < 1.29 is 9.53 Å². The lowest BCUT2D eigenvalue weighted by molar-refractivity contribution is -0.121. The van der Waals surface area contributed by atoms with Crippen LogP contribution in [0.1, 0.15) is 18.1 Å². The highest BCUT2D eigenvalue weighted by molar-refractivity contribution is 7.80. The molecule has 0 aromatic heterocycles. The van der Waals surface area contributed by atoms with Crippen molar-refractivity contribution in [1.29, 1.82) is 0 Å². The maximum Gasteiger partial charge on any atom is 0.263 e. The van der Waals surface area contributed by atoms with E-state index in [4.69, 9.17) is 17.0 Å². The van der Waals surface area contributed by atoms with E-state index in [1.165, 1.54) is 0 Å². The smallest absolute Gasteiger partial charge is 0.263 e. The molecule has 5 nitrogen and oxygen atoms in total. The molecular formula is C21H23N3O2S. The number of nitrogens with one attached hydrogen (secondary N) is 1. The maximum atomic E-state index is 13.3. The Kier molecular flexibility index (Phi) is 4.61. The van der Waals surface area contributed by atoms with Crippen LogP contribution < -0.4 is 15.1 Å². The van der Waals surface area contributed by atoms with Crippen LogP contribution in [-0.2, 0) is 15.1 Å². The largest absolute Gasteiger partial charge is 0.378 e. The zero-order valence-electron chi connectivity index (χ0n) is 15.6. The van der Waals surface area contributed by atoms with Crippen LogP contribution >= 0.6 is 12.2 Å². The molecule has 2 aromatic rings. The monoisotopic (exact) mass is 381 g/mol. The molecule has 6 heteroatoms. The molecule has 2 aliphatic heterocycles. The third-order valence-corrected chi connectivity index (χ3v) is 5.61. The van der Waals surface area contributed by atoms with Gasteiger partial charge in [-0.25, -0.2) is 0 Å². The number of nitrogens with zero attached hydrogens (tertiary/aromatic N) is 2. The fourth-order valence-corrected chi connectivity index (χ4v) is 4.25. The van der Waals surface area contributed by atoms with Gasteiger partial charge < -0.3 is 15.0 Å². The number of carbonyl (C=O) groups excluding carboxylic acids is 1. The van der Waals surface area contributed by atoms with Gasteiger partial charge in [-0.1, -0.05) is 24.3 Å². The highest BCUT2D eigenvalue weighted by Crippen LogP contribution is 2.35. The summed E-state index contributed by atoms with van der Waals surface area (Å²) in [6.07, 6.45) is 0. The van der Waals surface area contributed by atoms with E-state index < -0.39 is 5.54 Å². The fraction of sp³-hybridized carbons (Fsp3) is 0.333. The van der Waals surface area contributed by atoms with E-state index in [1.807, 2.05) is 50.2 Å². The van der Waals surface area contributed by atoms with Gasteiger partial charge in [0.25, 0.3) is 5.91 Å². The summed E-state index contributed by atoms with van der Waals surface area (Å²) in [7, 11) is 0. The summed E-state index contributed by atoms with van der Waals surface area (Å²) < 4.78 is 5.44. The minimum absolute atomic E-state index is 0.0547. The van der Waals surface area contributed by atoms with Crippen molar-refractivity contribution >= 4 is 34.6 Å². The Morgan fingerprint density at radius 1 is 1.07 bits per heavy atom. The Balaban J connectivity index is 1.66. The van der Waals surface area contributed by atoms with Crippen molar-refractivity contribution in [1.82, 2.24) is 5.32 Å². The number of hydrogen-bond donors (Lipinski definition) is 1. The Morgan fingerprint density at radius 3 is 2.44 bits per heavy atom. The second-order valence-corrected chi connectivity index (χ2v) is 7.52. The molecule has 1 amide bonds. The second-order valence-electron chi connectivity index (χ2n) is 7.13. The molecule has 2 aromatic carbocycles. The van der Waals surface area contributed by atoms with Gasteiger partial charge in [-0.2, -0.15) is 0 Å². The van der Waals surface area contributed by atoms with Crippen molar-refractivity contribution in [2.45, 2.75) is 19.4 Å². The predicted molar refractivity (Wildman–Crippen MR) is 111 cm³/mol. The van der Waals surface area contributed by atoms with Crippen molar-refractivity contribution in [2.24, 2.45) is 0 Å². The molecule has 140 valence electrons. The molecule has 0 bridgehead atoms. The van der Waals surface area contributed by atoms with Crippen LogP contribution in [0.3, 0.4) is 0 Å². The van der Waals surface area contributed by atoms with E-state index in [0.29, 0.717) is 5.11 Å². The summed E-state index contributed by atoms with van der Waals surface area (Å²) in [4.78, 5) is 17.2. The average molecular weight is 382 g/mol. The number of morpholine rings is 1. The van der Waals surface area contributed by atoms with Crippen molar-refractivity contribution in [3.63, 3.8) is 0 Å². The molecule has 4 rings (SSSR count). The summed E-state index contributed by atoms with van der Waals surface area (Å²) in [6, 6.07) is 15.8. The number of anilines is 2. The lowest BCUT2D eigenvalue weighted by Crippen LogP contribution is -2.41. The lowest BCUT2D eigenvalue weighted by Gasteiger charge is -2.31. The maximum absolute atomic E-state index is 13.3. The third-order valence-electron chi connectivity index (χ3n) is 5.33. The van der Waals surface area contributed by atoms with Crippen LogP contribution in [0.2, 0.25) is 0 Å². The summed E-state index contributed by atoms with van der Waals surface area (Å²) >= 11 is 5.49. The molecule has 2 heterocycles. The van der Waals surface area contributed by atoms with Crippen molar-refractivity contribution in [3.05, 3.63) is 59.7 Å². The molecule has 0 spiro atoms. The molecule has 1 atom stereocenters. The van der Waals surface area contributed by atoms with E-state index in [-0.39, 0.29) is 5.91 Å². The highest BCUT2D eigenvalue weighted by atomic mass is 32.1. The van der Waals surface area contributed by atoms with Crippen LogP contribution in [0.4, 0.5) is 11.4 Å². The molecule has 0 saturated carbocycles. The van der Waals surface area contributed by atoms with Gasteiger partial charge in [0.2, 0.25) is 0 Å². The summed E-state index contributed by atoms with van der Waals surface area (Å²) in [5.74, 6) is -0.0547. The number of thiocarbonyl (C=S) groups is 1. The standard InChI is InChI=1S/C21H23N3O2S/c1-15-14-17(23-10-12-26-13-11-23)8-9-18(15)21(2)19(25)24(20(27)22-21)16-6-4-3-5-7-16/h3-9,14H,10-13H2,1-2H3,(H,22,27). The van der Waals surface area contributed by atoms with Crippen LogP contribution in [0.15, 0.2) is 48.5 Å². The van der Waals surface area contributed by atoms with Crippen molar-refractivity contribution in [2.75, 3.05) is 36.1 Å². The zero-order valence-corrected chi connectivity index (χ0v) is 16.4. The number of para-hydroxylation sites is 1. The first-order chi connectivity index (χ1) is 13.0. The molecular weight excluding hydrogens is 358 g/mol. The van der Waals surface area contributed by atoms with Crippen LogP contribution in [-0.4, -0.2) is 37.3 Å². The van der Waals surface area contributed by atoms with Crippen LogP contribution in [0, 0.1) is 6.92 Å². The van der Waals surface area contributed by atoms with Gasteiger partial charge in [-0.3, -0.25) is 9.69 Å². The number of amides is 1. The van der Waals surface area contributed by atoms with Gasteiger partial charge in [0.05, 0.1) is 18.9 Å². The van der Waals surface area contributed by atoms with E-state index in [9.17, 15) is 4.79 Å². The summed E-state index contributed by atoms with van der Waals surface area (Å²) in [5, 5.41) is 3.69. The minimum Gasteiger partial charge on any atom is -0.378 e. The first kappa shape index (κ1) is 17.9. The predicted octanol–water partition coefficient (Wildman–Crippen LogP) is 2.97. The first-order valence-electron chi connectivity index (χ1n) is 9.16. The highest BCUT2D eigenvalue weighted by Gasteiger charge is 2.48.